The van der Waals surface area contributed by atoms with Crippen LogP contribution in [0.1, 0.15) is 26.7 Å². The predicted molar refractivity (Wildman–Crippen MR) is 80.5 cm³/mol. The van der Waals surface area contributed by atoms with E-state index in [0.29, 0.717) is 0 Å². The molecule has 0 N–H and O–H groups in total. The van der Waals surface area contributed by atoms with E-state index in [9.17, 15) is 0 Å². The lowest BCUT2D eigenvalue weighted by Gasteiger charge is -2.23. The minimum atomic E-state index is 0.210. The molecule has 100 valence electrons. The Hall–Kier alpha value is -0.220. The molecule has 0 rings (SSSR count). The molecule has 2 nitrogen and oxygen atoms in total. The number of thioether (sulfide) groups is 2. The summed E-state index contributed by atoms with van der Waals surface area (Å²) in [5.41, 5.74) is 0. The van der Waals surface area contributed by atoms with Crippen molar-refractivity contribution in [1.82, 2.24) is 0 Å². The van der Waals surface area contributed by atoms with Gasteiger partial charge in [-0.25, -0.2) is 0 Å². The molecule has 0 aliphatic carbocycles. The molecule has 0 unspecified atom stereocenters. The maximum absolute atomic E-state index is 5.05. The van der Waals surface area contributed by atoms with E-state index >= 15 is 0 Å². The third-order valence-corrected chi connectivity index (χ3v) is 5.15. The van der Waals surface area contributed by atoms with Crippen molar-refractivity contribution in [2.45, 2.75) is 30.8 Å². The van der Waals surface area contributed by atoms with Crippen LogP contribution in [0.25, 0.3) is 0 Å². The van der Waals surface area contributed by atoms with Gasteiger partial charge in [0.1, 0.15) is 0 Å². The summed E-state index contributed by atoms with van der Waals surface area (Å²) < 4.78 is 10.3. The predicted octanol–water partition coefficient (Wildman–Crippen LogP) is 4.29. The van der Waals surface area contributed by atoms with Crippen LogP contribution in [0.2, 0.25) is 0 Å². The molecule has 17 heavy (non-hydrogen) atoms. The van der Waals surface area contributed by atoms with Crippen molar-refractivity contribution in [3.05, 3.63) is 24.7 Å². The second kappa shape index (κ2) is 8.81. The van der Waals surface area contributed by atoms with Gasteiger partial charge in [0.05, 0.1) is 29.8 Å². The standard InChI is InChI=1S/C13H24O2S2/c1-11(14-5)7-9-16-13(3,4)17-10-8-12(2)15-6/h1-2,7-10H2,3-6H3. The van der Waals surface area contributed by atoms with Crippen molar-refractivity contribution in [3.8, 4) is 0 Å². The van der Waals surface area contributed by atoms with Crippen LogP contribution in [0.15, 0.2) is 24.7 Å². The number of hydrogen-bond acceptors (Lipinski definition) is 4. The first-order valence-electron chi connectivity index (χ1n) is 5.62. The number of methoxy groups -OCH3 is 2. The van der Waals surface area contributed by atoms with Crippen molar-refractivity contribution in [1.29, 1.82) is 0 Å². The summed E-state index contributed by atoms with van der Waals surface area (Å²) in [5.74, 6) is 3.78. The molecule has 0 aromatic rings. The van der Waals surface area contributed by atoms with Crippen molar-refractivity contribution in [2.24, 2.45) is 0 Å². The highest BCUT2D eigenvalue weighted by atomic mass is 32.2. The highest BCUT2D eigenvalue weighted by molar-refractivity contribution is 8.18. The summed E-state index contributed by atoms with van der Waals surface area (Å²) >= 11 is 3.87. The average Bonchev–Trinajstić information content (AvgIpc) is 2.27. The van der Waals surface area contributed by atoms with Gasteiger partial charge in [0.2, 0.25) is 0 Å². The second-order valence-electron chi connectivity index (χ2n) is 4.08. The van der Waals surface area contributed by atoms with Crippen molar-refractivity contribution >= 4 is 23.5 Å². The molecule has 0 amide bonds. The minimum absolute atomic E-state index is 0.210. The number of rotatable bonds is 10. The van der Waals surface area contributed by atoms with Crippen LogP contribution in [0.5, 0.6) is 0 Å². The molecule has 0 aromatic heterocycles. The molecule has 0 aliphatic heterocycles. The van der Waals surface area contributed by atoms with Crippen LogP contribution in [-0.4, -0.2) is 29.8 Å². The summed E-state index contributed by atoms with van der Waals surface area (Å²) in [5, 5.41) is 0. The second-order valence-corrected chi connectivity index (χ2v) is 7.78. The van der Waals surface area contributed by atoms with E-state index in [2.05, 4.69) is 27.0 Å². The maximum atomic E-state index is 5.05. The molecular formula is C13H24O2S2. The highest BCUT2D eigenvalue weighted by Gasteiger charge is 2.18. The highest BCUT2D eigenvalue weighted by Crippen LogP contribution is 2.37. The molecule has 0 saturated carbocycles. The Morgan fingerprint density at radius 1 is 0.941 bits per heavy atom. The van der Waals surface area contributed by atoms with Crippen LogP contribution in [0.4, 0.5) is 0 Å². The summed E-state index contributed by atoms with van der Waals surface area (Å²) in [7, 11) is 3.34. The smallest absolute Gasteiger partial charge is 0.0892 e. The van der Waals surface area contributed by atoms with Crippen LogP contribution in [-0.2, 0) is 9.47 Å². The average molecular weight is 276 g/mol. The largest absolute Gasteiger partial charge is 0.502 e. The van der Waals surface area contributed by atoms with Crippen LogP contribution in [0, 0.1) is 0 Å². The van der Waals surface area contributed by atoms with Gasteiger partial charge in [-0.15, -0.1) is 23.5 Å². The third kappa shape index (κ3) is 9.48. The molecule has 0 bridgehead atoms. The number of hydrogen-bond donors (Lipinski definition) is 0. The molecule has 4 heteroatoms. The van der Waals surface area contributed by atoms with Gasteiger partial charge < -0.3 is 9.47 Å². The monoisotopic (exact) mass is 276 g/mol. The quantitative estimate of drug-likeness (QED) is 0.437. The lowest BCUT2D eigenvalue weighted by Crippen LogP contribution is -2.11. The van der Waals surface area contributed by atoms with E-state index < -0.39 is 0 Å². The van der Waals surface area contributed by atoms with Gasteiger partial charge in [0.25, 0.3) is 0 Å². The molecular weight excluding hydrogens is 252 g/mol. The first-order chi connectivity index (χ1) is 7.91. The van der Waals surface area contributed by atoms with E-state index in [0.717, 1.165) is 35.9 Å². The van der Waals surface area contributed by atoms with E-state index in [4.69, 9.17) is 9.47 Å². The lowest BCUT2D eigenvalue weighted by molar-refractivity contribution is 0.283. The Morgan fingerprint density at radius 2 is 1.29 bits per heavy atom. The minimum Gasteiger partial charge on any atom is -0.502 e. The summed E-state index contributed by atoms with van der Waals surface area (Å²) in [6, 6.07) is 0. The van der Waals surface area contributed by atoms with Gasteiger partial charge in [0.15, 0.2) is 0 Å². The van der Waals surface area contributed by atoms with E-state index in [-0.39, 0.29) is 4.08 Å². The Bertz CT molecular complexity index is 226. The zero-order valence-corrected chi connectivity index (χ0v) is 13.0. The van der Waals surface area contributed by atoms with Crippen LogP contribution < -0.4 is 0 Å². The third-order valence-electron chi connectivity index (χ3n) is 2.24. The Balaban J connectivity index is 3.72. The van der Waals surface area contributed by atoms with Crippen molar-refractivity contribution < 1.29 is 9.47 Å². The first kappa shape index (κ1) is 16.8. The molecule has 0 saturated heterocycles. The number of allylic oxidation sites excluding steroid dienone is 2. The molecule has 0 aliphatic rings. The Kier molecular flexibility index (Phi) is 8.70. The Morgan fingerprint density at radius 3 is 1.59 bits per heavy atom. The number of ether oxygens (including phenoxy) is 2. The fourth-order valence-corrected chi connectivity index (χ4v) is 3.54. The molecule has 0 aromatic carbocycles. The first-order valence-corrected chi connectivity index (χ1v) is 7.60. The van der Waals surface area contributed by atoms with Gasteiger partial charge in [-0.2, -0.15) is 0 Å². The molecule has 0 atom stereocenters. The molecule has 0 heterocycles. The van der Waals surface area contributed by atoms with E-state index in [1.165, 1.54) is 0 Å². The molecule has 0 spiro atoms. The van der Waals surface area contributed by atoms with Crippen molar-refractivity contribution in [2.75, 3.05) is 25.7 Å². The summed E-state index contributed by atoms with van der Waals surface area (Å²) in [4.78, 5) is 0. The maximum Gasteiger partial charge on any atom is 0.0892 e. The summed E-state index contributed by atoms with van der Waals surface area (Å²) in [6.07, 6.45) is 1.83. The van der Waals surface area contributed by atoms with Crippen LogP contribution in [0.3, 0.4) is 0 Å². The Labute approximate surface area is 114 Å². The van der Waals surface area contributed by atoms with Gasteiger partial charge in [-0.05, 0) is 13.8 Å². The normalized spacial score (nSPS) is 11.1. The van der Waals surface area contributed by atoms with Gasteiger partial charge >= 0.3 is 0 Å². The van der Waals surface area contributed by atoms with E-state index in [1.54, 1.807) is 14.2 Å². The fourth-order valence-electron chi connectivity index (χ4n) is 1.07. The van der Waals surface area contributed by atoms with Crippen molar-refractivity contribution in [3.63, 3.8) is 0 Å². The SMILES string of the molecule is C=C(CCSC(C)(C)SCCC(=C)OC)OC. The zero-order chi connectivity index (χ0) is 13.3. The molecule has 0 radical (unpaired) electrons. The van der Waals surface area contributed by atoms with Gasteiger partial charge in [-0.3, -0.25) is 0 Å². The zero-order valence-electron chi connectivity index (χ0n) is 11.4. The fraction of sp³-hybridized carbons (Fsp3) is 0.692. The molecule has 0 fully saturated rings. The summed E-state index contributed by atoms with van der Waals surface area (Å²) in [6.45, 7) is 12.1. The van der Waals surface area contributed by atoms with Crippen LogP contribution >= 0.6 is 23.5 Å². The topological polar surface area (TPSA) is 18.5 Å². The van der Waals surface area contributed by atoms with Gasteiger partial charge in [0, 0.05) is 24.3 Å². The lowest BCUT2D eigenvalue weighted by atomic mass is 10.4. The van der Waals surface area contributed by atoms with Gasteiger partial charge in [-0.1, -0.05) is 13.2 Å². The van der Waals surface area contributed by atoms with E-state index in [1.807, 2.05) is 23.5 Å².